The smallest absolute Gasteiger partial charge is 0.244 e. The van der Waals surface area contributed by atoms with Crippen molar-refractivity contribution in [2.75, 3.05) is 26.3 Å². The Kier molecular flexibility index (Phi) is 3.93. The maximum Gasteiger partial charge on any atom is 0.244 e. The molecule has 0 bridgehead atoms. The van der Waals surface area contributed by atoms with E-state index in [0.29, 0.717) is 13.2 Å². The highest BCUT2D eigenvalue weighted by Gasteiger charge is 2.23. The second-order valence-corrected chi connectivity index (χ2v) is 4.76. The second-order valence-electron chi connectivity index (χ2n) is 3.78. The molecule has 2 N–H and O–H groups in total. The molecule has 1 unspecified atom stereocenters. The third kappa shape index (κ3) is 2.61. The number of amides is 1. The van der Waals surface area contributed by atoms with Crippen molar-refractivity contribution in [2.24, 2.45) is 5.73 Å². The van der Waals surface area contributed by atoms with E-state index in [1.165, 1.54) is 11.3 Å². The Morgan fingerprint density at radius 2 is 2.38 bits per heavy atom. The van der Waals surface area contributed by atoms with Crippen LogP contribution in [0.15, 0.2) is 17.5 Å². The minimum absolute atomic E-state index is 0.00736. The topological polar surface area (TPSA) is 55.6 Å². The van der Waals surface area contributed by atoms with Crippen LogP contribution in [0.3, 0.4) is 0 Å². The lowest BCUT2D eigenvalue weighted by molar-refractivity contribution is -0.132. The highest BCUT2D eigenvalue weighted by atomic mass is 32.1. The molecule has 16 heavy (non-hydrogen) atoms. The van der Waals surface area contributed by atoms with Crippen LogP contribution in [-0.2, 0) is 9.53 Å². The third-order valence-electron chi connectivity index (χ3n) is 2.65. The molecule has 1 atom stereocenters. The van der Waals surface area contributed by atoms with Crippen LogP contribution in [0.1, 0.15) is 17.3 Å². The van der Waals surface area contributed by atoms with Gasteiger partial charge in [0.1, 0.15) is 6.04 Å². The quantitative estimate of drug-likeness (QED) is 0.839. The zero-order valence-electron chi connectivity index (χ0n) is 9.09. The Labute approximate surface area is 99.0 Å². The first-order valence-electron chi connectivity index (χ1n) is 5.44. The fourth-order valence-corrected chi connectivity index (χ4v) is 2.47. The van der Waals surface area contributed by atoms with Crippen molar-refractivity contribution in [2.45, 2.75) is 12.5 Å². The molecule has 0 aromatic carbocycles. The van der Waals surface area contributed by atoms with Gasteiger partial charge in [0.25, 0.3) is 0 Å². The molecule has 0 aliphatic carbocycles. The standard InChI is InChI=1S/C11H16N2O2S/c12-10(9-3-1-8-16-9)11(14)13-4-2-6-15-7-5-13/h1,3,8,10H,2,4-7,12H2. The number of hydrogen-bond acceptors (Lipinski definition) is 4. The monoisotopic (exact) mass is 240 g/mol. The lowest BCUT2D eigenvalue weighted by Gasteiger charge is -2.22. The SMILES string of the molecule is NC(C(=O)N1CCCOCC1)c1cccs1. The molecule has 4 nitrogen and oxygen atoms in total. The van der Waals surface area contributed by atoms with Gasteiger partial charge < -0.3 is 15.4 Å². The van der Waals surface area contributed by atoms with E-state index in [1.807, 2.05) is 17.5 Å². The van der Waals surface area contributed by atoms with E-state index in [2.05, 4.69) is 0 Å². The Bertz CT molecular complexity index is 332. The normalized spacial score (nSPS) is 19.2. The summed E-state index contributed by atoms with van der Waals surface area (Å²) in [6, 6.07) is 3.30. The molecule has 0 spiro atoms. The molecule has 1 aromatic heterocycles. The minimum Gasteiger partial charge on any atom is -0.380 e. The van der Waals surface area contributed by atoms with E-state index >= 15 is 0 Å². The number of nitrogens with two attached hydrogens (primary N) is 1. The summed E-state index contributed by atoms with van der Waals surface area (Å²) >= 11 is 1.52. The van der Waals surface area contributed by atoms with Crippen molar-refractivity contribution in [3.63, 3.8) is 0 Å². The Hall–Kier alpha value is -0.910. The molecule has 1 aliphatic heterocycles. The summed E-state index contributed by atoms with van der Waals surface area (Å²) in [6.45, 7) is 2.75. The van der Waals surface area contributed by atoms with E-state index in [9.17, 15) is 4.79 Å². The van der Waals surface area contributed by atoms with Crippen LogP contribution in [0.25, 0.3) is 0 Å². The van der Waals surface area contributed by atoms with Gasteiger partial charge in [0.15, 0.2) is 0 Å². The summed E-state index contributed by atoms with van der Waals surface area (Å²) in [4.78, 5) is 14.8. The number of ether oxygens (including phenoxy) is 1. The van der Waals surface area contributed by atoms with Crippen LogP contribution < -0.4 is 5.73 Å². The van der Waals surface area contributed by atoms with Crippen LogP contribution in [0.2, 0.25) is 0 Å². The maximum absolute atomic E-state index is 12.1. The average Bonchev–Trinajstić information content (AvgIpc) is 2.70. The molecule has 1 saturated heterocycles. The van der Waals surface area contributed by atoms with Crippen molar-refractivity contribution in [3.8, 4) is 0 Å². The van der Waals surface area contributed by atoms with Crippen LogP contribution in [0, 0.1) is 0 Å². The van der Waals surface area contributed by atoms with Crippen LogP contribution in [0.5, 0.6) is 0 Å². The highest BCUT2D eigenvalue weighted by molar-refractivity contribution is 7.10. The van der Waals surface area contributed by atoms with Gasteiger partial charge in [0, 0.05) is 24.6 Å². The third-order valence-corrected chi connectivity index (χ3v) is 3.61. The first-order chi connectivity index (χ1) is 7.79. The number of thiophene rings is 1. The van der Waals surface area contributed by atoms with E-state index < -0.39 is 6.04 Å². The Balaban J connectivity index is 2.00. The molecule has 5 heteroatoms. The fourth-order valence-electron chi connectivity index (χ4n) is 1.75. The van der Waals surface area contributed by atoms with Gasteiger partial charge in [-0.05, 0) is 17.9 Å². The maximum atomic E-state index is 12.1. The van der Waals surface area contributed by atoms with Crippen LogP contribution in [0.4, 0.5) is 0 Å². The predicted octanol–water partition coefficient (Wildman–Crippen LogP) is 0.997. The zero-order valence-corrected chi connectivity index (χ0v) is 9.91. The van der Waals surface area contributed by atoms with Gasteiger partial charge in [-0.3, -0.25) is 4.79 Å². The van der Waals surface area contributed by atoms with E-state index in [0.717, 1.165) is 24.4 Å². The van der Waals surface area contributed by atoms with E-state index in [-0.39, 0.29) is 5.91 Å². The van der Waals surface area contributed by atoms with E-state index in [1.54, 1.807) is 4.90 Å². The van der Waals surface area contributed by atoms with Crippen LogP contribution >= 0.6 is 11.3 Å². The fraction of sp³-hybridized carbons (Fsp3) is 0.545. The number of hydrogen-bond donors (Lipinski definition) is 1. The summed E-state index contributed by atoms with van der Waals surface area (Å²) < 4.78 is 5.31. The van der Waals surface area contributed by atoms with Gasteiger partial charge >= 0.3 is 0 Å². The van der Waals surface area contributed by atoms with Gasteiger partial charge in [0.2, 0.25) is 5.91 Å². The molecular weight excluding hydrogens is 224 g/mol. The Morgan fingerprint density at radius 1 is 1.50 bits per heavy atom. The molecule has 1 aromatic rings. The summed E-state index contributed by atoms with van der Waals surface area (Å²) in [7, 11) is 0. The number of carbonyl (C=O) groups is 1. The molecule has 1 amide bonds. The highest BCUT2D eigenvalue weighted by Crippen LogP contribution is 2.19. The first kappa shape index (κ1) is 11.6. The second kappa shape index (κ2) is 5.43. The predicted molar refractivity (Wildman–Crippen MR) is 63.3 cm³/mol. The Morgan fingerprint density at radius 3 is 3.12 bits per heavy atom. The lowest BCUT2D eigenvalue weighted by Crippen LogP contribution is -2.39. The summed E-state index contributed by atoms with van der Waals surface area (Å²) in [5.74, 6) is 0.00736. The number of nitrogens with zero attached hydrogens (tertiary/aromatic N) is 1. The van der Waals surface area contributed by atoms with Gasteiger partial charge in [-0.1, -0.05) is 6.07 Å². The molecule has 0 radical (unpaired) electrons. The van der Waals surface area contributed by atoms with Crippen molar-refractivity contribution < 1.29 is 9.53 Å². The van der Waals surface area contributed by atoms with Crippen LogP contribution in [-0.4, -0.2) is 37.1 Å². The number of carbonyl (C=O) groups excluding carboxylic acids is 1. The van der Waals surface area contributed by atoms with Gasteiger partial charge in [-0.15, -0.1) is 11.3 Å². The van der Waals surface area contributed by atoms with Crippen molar-refractivity contribution in [3.05, 3.63) is 22.4 Å². The molecule has 1 fully saturated rings. The minimum atomic E-state index is -0.516. The van der Waals surface area contributed by atoms with E-state index in [4.69, 9.17) is 10.5 Å². The lowest BCUT2D eigenvalue weighted by atomic mass is 10.2. The van der Waals surface area contributed by atoms with Gasteiger partial charge in [0.05, 0.1) is 6.61 Å². The van der Waals surface area contributed by atoms with Crippen molar-refractivity contribution in [1.82, 2.24) is 4.90 Å². The molecule has 88 valence electrons. The molecule has 2 rings (SSSR count). The molecular formula is C11H16N2O2S. The molecule has 1 aliphatic rings. The van der Waals surface area contributed by atoms with Gasteiger partial charge in [-0.25, -0.2) is 0 Å². The first-order valence-corrected chi connectivity index (χ1v) is 6.32. The van der Waals surface area contributed by atoms with Gasteiger partial charge in [-0.2, -0.15) is 0 Å². The number of rotatable bonds is 2. The summed E-state index contributed by atoms with van der Waals surface area (Å²) in [6.07, 6.45) is 0.892. The van der Waals surface area contributed by atoms with Crippen molar-refractivity contribution in [1.29, 1.82) is 0 Å². The average molecular weight is 240 g/mol. The largest absolute Gasteiger partial charge is 0.380 e. The molecule has 0 saturated carbocycles. The summed E-state index contributed by atoms with van der Waals surface area (Å²) in [5.41, 5.74) is 5.94. The van der Waals surface area contributed by atoms with Crippen molar-refractivity contribution >= 4 is 17.2 Å². The zero-order chi connectivity index (χ0) is 11.4. The molecule has 2 heterocycles. The summed E-state index contributed by atoms with van der Waals surface area (Å²) in [5, 5.41) is 1.94.